The Bertz CT molecular complexity index is 1500. The third-order valence-electron chi connectivity index (χ3n) is 6.04. The molecule has 1 fully saturated rings. The number of rotatable bonds is 9. The number of nitrogens with two attached hydrogens (primary N) is 1. The minimum Gasteiger partial charge on any atom is -0.508 e. The Morgan fingerprint density at radius 2 is 2.08 bits per heavy atom. The van der Waals surface area contributed by atoms with Gasteiger partial charge in [0.25, 0.3) is 5.56 Å². The predicted octanol–water partition coefficient (Wildman–Crippen LogP) is -0.389. The fourth-order valence-electron chi connectivity index (χ4n) is 4.23. The summed E-state index contributed by atoms with van der Waals surface area (Å²) in [6.07, 6.45) is -0.940. The van der Waals surface area contributed by atoms with Crippen molar-refractivity contribution < 1.29 is 38.0 Å². The Balaban J connectivity index is 1.23. The lowest BCUT2D eigenvalue weighted by atomic mass is 10.1. The zero-order valence-corrected chi connectivity index (χ0v) is 20.6. The van der Waals surface area contributed by atoms with E-state index in [1.807, 2.05) is 0 Å². The Morgan fingerprint density at radius 1 is 1.26 bits per heavy atom. The van der Waals surface area contributed by atoms with Crippen LogP contribution in [-0.2, 0) is 27.8 Å². The van der Waals surface area contributed by atoms with Crippen molar-refractivity contribution in [1.29, 1.82) is 0 Å². The molecule has 0 radical (unpaired) electrons. The lowest BCUT2D eigenvalue weighted by Crippen LogP contribution is -2.39. The number of hydrogen-bond donors (Lipinski definition) is 4. The van der Waals surface area contributed by atoms with Crippen LogP contribution in [0.1, 0.15) is 18.9 Å². The van der Waals surface area contributed by atoms with E-state index >= 15 is 0 Å². The van der Waals surface area contributed by atoms with Gasteiger partial charge in [0.15, 0.2) is 42.4 Å². The largest absolute Gasteiger partial charge is 0.698 e. The van der Waals surface area contributed by atoms with Gasteiger partial charge < -0.3 is 30.2 Å². The van der Waals surface area contributed by atoms with Crippen molar-refractivity contribution in [1.82, 2.24) is 29.1 Å². The van der Waals surface area contributed by atoms with Gasteiger partial charge in [-0.3, -0.25) is 18.9 Å². The van der Waals surface area contributed by atoms with Gasteiger partial charge in [0, 0.05) is 23.9 Å². The number of aliphatic hydroxyl groups excluding tert-OH is 2. The molecule has 2 aliphatic rings. The van der Waals surface area contributed by atoms with E-state index in [0.29, 0.717) is 11.2 Å². The van der Waals surface area contributed by atoms with E-state index in [2.05, 4.69) is 19.9 Å². The highest BCUT2D eigenvalue weighted by molar-refractivity contribution is 7.33. The molecule has 0 bridgehead atoms. The van der Waals surface area contributed by atoms with Gasteiger partial charge in [-0.1, -0.05) is 0 Å². The third-order valence-corrected chi connectivity index (χ3v) is 6.79. The van der Waals surface area contributed by atoms with Crippen LogP contribution in [0.3, 0.4) is 0 Å². The van der Waals surface area contributed by atoms with E-state index in [9.17, 15) is 24.4 Å². The van der Waals surface area contributed by atoms with Gasteiger partial charge in [-0.05, 0) is 0 Å². The van der Waals surface area contributed by atoms with Gasteiger partial charge >= 0.3 is 13.9 Å². The molecular formula is C20H23N7O10P+. The highest BCUT2D eigenvalue weighted by Crippen LogP contribution is 2.40. The smallest absolute Gasteiger partial charge is 0.508 e. The number of ether oxygens (including phenoxy) is 3. The molecule has 0 aromatic carbocycles. The van der Waals surface area contributed by atoms with E-state index < -0.39 is 63.5 Å². The number of aliphatic hydroxyl groups is 2. The van der Waals surface area contributed by atoms with Gasteiger partial charge in [-0.25, -0.2) is 19.7 Å². The molecule has 0 spiro atoms. The van der Waals surface area contributed by atoms with E-state index in [1.54, 1.807) is 4.57 Å². The number of anilines is 1. The molecular weight excluding hydrogens is 529 g/mol. The molecule has 4 unspecified atom stereocenters. The number of hydrogen-bond acceptors (Lipinski definition) is 14. The number of aromatic nitrogens is 6. The normalized spacial score (nSPS) is 25.7. The maximum Gasteiger partial charge on any atom is 0.698 e. The molecule has 38 heavy (non-hydrogen) atoms. The first kappa shape index (κ1) is 25.9. The maximum absolute atomic E-state index is 12.7. The van der Waals surface area contributed by atoms with Gasteiger partial charge in [0.2, 0.25) is 0 Å². The Hall–Kier alpha value is -3.73. The zero-order chi connectivity index (χ0) is 27.0. The summed E-state index contributed by atoms with van der Waals surface area (Å²) in [5.41, 5.74) is 5.22. The fraction of sp³-hybridized carbons (Fsp3) is 0.450. The summed E-state index contributed by atoms with van der Waals surface area (Å²) in [4.78, 5) is 37.9. The first-order chi connectivity index (χ1) is 18.3. The molecule has 0 aliphatic carbocycles. The van der Waals surface area contributed by atoms with Gasteiger partial charge in [0.05, 0.1) is 13.0 Å². The summed E-state index contributed by atoms with van der Waals surface area (Å²) in [6, 6.07) is 1.12. The average Bonchev–Trinajstić information content (AvgIpc) is 3.58. The zero-order valence-electron chi connectivity index (χ0n) is 19.7. The number of aromatic amines is 1. The molecule has 1 saturated heterocycles. The van der Waals surface area contributed by atoms with Crippen molar-refractivity contribution in [2.45, 2.75) is 37.2 Å². The first-order valence-corrected chi connectivity index (χ1v) is 12.3. The number of nitrogen functional groups attached to an aromatic ring is 1. The summed E-state index contributed by atoms with van der Waals surface area (Å²) < 4.78 is 42.9. The number of imidazole rings is 1. The number of H-pyrrole nitrogens is 1. The average molecular weight is 552 g/mol. The van der Waals surface area contributed by atoms with Crippen LogP contribution in [0.5, 0.6) is 0 Å². The van der Waals surface area contributed by atoms with Crippen molar-refractivity contribution in [2.75, 3.05) is 26.1 Å². The van der Waals surface area contributed by atoms with Crippen LogP contribution in [0.4, 0.5) is 5.82 Å². The van der Waals surface area contributed by atoms with Crippen LogP contribution in [0.2, 0.25) is 0 Å². The standard InChI is InChI=1S/C20H22N7O10P/c1-33-16-15(10(5-28)36-19(16)26-3-2-12(30)25-20(26)31)37-38(32)34-6-11-9(29)4-13(35-11)27-8-24-14-17(21)22-7-23-18(14)27/h2-3,7-8,10,13,15-16,19,28H,4-6H2,1H3,(H3-,21,22,23,25,29,30,31)/p+1/t10-,13?,15?,16?,19-/m1/s1. The van der Waals surface area contributed by atoms with Crippen LogP contribution in [0.25, 0.3) is 11.2 Å². The Kier molecular flexibility index (Phi) is 7.20. The molecule has 5 rings (SSSR count). The van der Waals surface area contributed by atoms with Crippen LogP contribution < -0.4 is 17.0 Å². The minimum absolute atomic E-state index is 0.0215. The van der Waals surface area contributed by atoms with Gasteiger partial charge in [0.1, 0.15) is 36.1 Å². The molecule has 0 saturated carbocycles. The van der Waals surface area contributed by atoms with Crippen molar-refractivity contribution >= 4 is 25.2 Å². The maximum atomic E-state index is 12.7. The van der Waals surface area contributed by atoms with E-state index in [0.717, 1.165) is 10.6 Å². The molecule has 5 N–H and O–H groups in total. The van der Waals surface area contributed by atoms with Gasteiger partial charge in [-0.15, -0.1) is 9.05 Å². The fourth-order valence-corrected chi connectivity index (χ4v) is 4.97. The highest BCUT2D eigenvalue weighted by Gasteiger charge is 2.52. The molecule has 5 heterocycles. The monoisotopic (exact) mass is 552 g/mol. The Morgan fingerprint density at radius 3 is 2.82 bits per heavy atom. The molecule has 3 aromatic rings. The summed E-state index contributed by atoms with van der Waals surface area (Å²) in [6.45, 7) is -0.953. The van der Waals surface area contributed by atoms with Crippen molar-refractivity contribution in [3.63, 3.8) is 0 Å². The van der Waals surface area contributed by atoms with Crippen molar-refractivity contribution in [3.05, 3.63) is 57.3 Å². The second-order valence-corrected chi connectivity index (χ2v) is 9.18. The van der Waals surface area contributed by atoms with Crippen LogP contribution >= 0.6 is 8.25 Å². The quantitative estimate of drug-likeness (QED) is 0.248. The van der Waals surface area contributed by atoms with Crippen LogP contribution in [0.15, 0.2) is 46.0 Å². The minimum atomic E-state index is -2.83. The van der Waals surface area contributed by atoms with Crippen LogP contribution in [-0.4, -0.2) is 77.9 Å². The SMILES string of the molecule is COC1C(O[P+](=O)OCC2=C(O)CC(n3cnc4c(N)ncnc43)O2)[C@@H](CO)O[C@H]1n1ccc(=O)[nH]c1=O. The third kappa shape index (κ3) is 4.78. The van der Waals surface area contributed by atoms with Gasteiger partial charge in [-0.2, -0.15) is 0 Å². The molecule has 17 nitrogen and oxygen atoms in total. The van der Waals surface area contributed by atoms with Crippen molar-refractivity contribution in [3.8, 4) is 0 Å². The molecule has 202 valence electrons. The van der Waals surface area contributed by atoms with E-state index in [4.69, 9.17) is 29.0 Å². The lowest BCUT2D eigenvalue weighted by molar-refractivity contribution is -0.0625. The second-order valence-electron chi connectivity index (χ2n) is 8.26. The van der Waals surface area contributed by atoms with Crippen molar-refractivity contribution in [2.24, 2.45) is 0 Å². The first-order valence-electron chi connectivity index (χ1n) is 11.2. The Labute approximate surface area is 213 Å². The van der Waals surface area contributed by atoms with E-state index in [1.165, 1.54) is 26.0 Å². The molecule has 0 amide bonds. The predicted molar refractivity (Wildman–Crippen MR) is 126 cm³/mol. The molecule has 2 aliphatic heterocycles. The molecule has 3 aromatic heterocycles. The number of fused-ring (bicyclic) bond motifs is 1. The summed E-state index contributed by atoms with van der Waals surface area (Å²) >= 11 is 0. The second kappa shape index (κ2) is 10.6. The highest BCUT2D eigenvalue weighted by atomic mass is 31.1. The number of nitrogens with zero attached hydrogens (tertiary/aromatic N) is 5. The topological polar surface area (TPSA) is 228 Å². The van der Waals surface area contributed by atoms with E-state index in [-0.39, 0.29) is 23.8 Å². The summed E-state index contributed by atoms with van der Waals surface area (Å²) in [7, 11) is -1.52. The van der Waals surface area contributed by atoms with Crippen LogP contribution in [0, 0.1) is 0 Å². The summed E-state index contributed by atoms with van der Waals surface area (Å²) in [5.74, 6) is 0.0842. The number of nitrogens with one attached hydrogen (secondary N) is 1. The summed E-state index contributed by atoms with van der Waals surface area (Å²) in [5, 5.41) is 20.1. The number of methoxy groups -OCH3 is 1. The molecule has 6 atom stereocenters. The lowest BCUT2D eigenvalue weighted by Gasteiger charge is -2.20. The molecule has 18 heteroatoms.